The Morgan fingerprint density at radius 2 is 0.639 bits per heavy atom. The highest BCUT2D eigenvalue weighted by Crippen LogP contribution is 2.40. The molecule has 0 unspecified atom stereocenters. The van der Waals surface area contributed by atoms with Crippen LogP contribution in [0.15, 0.2) is 231 Å². The SMILES string of the molecule is c1ccc(-c2ccc(-c3nc(-c4ccccc4)nc(-n4c5ccccc5c5cccc(-c6ccc(-c7cc(-c8ccccc8)cc(-c8ccccc8)c7)cc6)c54)n3)cc2)cc1. The number of benzene rings is 9. The molecule has 11 aromatic rings. The van der Waals surface area contributed by atoms with Gasteiger partial charge >= 0.3 is 0 Å². The van der Waals surface area contributed by atoms with Crippen LogP contribution in [0.3, 0.4) is 0 Å². The van der Waals surface area contributed by atoms with Crippen molar-refractivity contribution >= 4 is 21.8 Å². The molecule has 0 radical (unpaired) electrons. The molecule has 0 amide bonds. The van der Waals surface area contributed by atoms with Crippen LogP contribution in [0.5, 0.6) is 0 Å². The summed E-state index contributed by atoms with van der Waals surface area (Å²) in [6.45, 7) is 0. The molecule has 0 aliphatic heterocycles. The molecule has 61 heavy (non-hydrogen) atoms. The zero-order chi connectivity index (χ0) is 40.5. The van der Waals surface area contributed by atoms with E-state index in [4.69, 9.17) is 15.0 Å². The summed E-state index contributed by atoms with van der Waals surface area (Å²) in [5, 5.41) is 2.27. The molecule has 0 atom stereocenters. The first-order valence-corrected chi connectivity index (χ1v) is 20.6. The fourth-order valence-corrected chi connectivity index (χ4v) is 8.44. The molecule has 0 spiro atoms. The minimum atomic E-state index is 0.567. The quantitative estimate of drug-likeness (QED) is 0.154. The molecule has 0 fully saturated rings. The van der Waals surface area contributed by atoms with Gasteiger partial charge in [-0.1, -0.05) is 206 Å². The fraction of sp³-hybridized carbons (Fsp3) is 0. The van der Waals surface area contributed by atoms with Crippen molar-refractivity contribution in [1.29, 1.82) is 0 Å². The molecular formula is C57H38N4. The van der Waals surface area contributed by atoms with Crippen LogP contribution in [0.2, 0.25) is 0 Å². The number of nitrogens with zero attached hydrogens (tertiary/aromatic N) is 4. The molecule has 0 saturated carbocycles. The average Bonchev–Trinajstić information content (AvgIpc) is 3.70. The lowest BCUT2D eigenvalue weighted by atomic mass is 9.92. The van der Waals surface area contributed by atoms with Crippen molar-refractivity contribution in [2.75, 3.05) is 0 Å². The highest BCUT2D eigenvalue weighted by molar-refractivity contribution is 6.13. The Morgan fingerprint density at radius 1 is 0.262 bits per heavy atom. The van der Waals surface area contributed by atoms with E-state index in [1.807, 2.05) is 24.3 Å². The zero-order valence-electron chi connectivity index (χ0n) is 33.2. The second kappa shape index (κ2) is 15.5. The van der Waals surface area contributed by atoms with Gasteiger partial charge in [-0.3, -0.25) is 4.57 Å². The van der Waals surface area contributed by atoms with Gasteiger partial charge in [-0.15, -0.1) is 0 Å². The number of rotatable bonds is 8. The van der Waals surface area contributed by atoms with E-state index in [0.29, 0.717) is 17.6 Å². The van der Waals surface area contributed by atoms with Gasteiger partial charge in [-0.25, -0.2) is 4.98 Å². The summed E-state index contributed by atoms with van der Waals surface area (Å²) in [5.74, 6) is 1.80. The Kier molecular flexibility index (Phi) is 9.14. The summed E-state index contributed by atoms with van der Waals surface area (Å²) in [6.07, 6.45) is 0. The van der Waals surface area contributed by atoms with Crippen molar-refractivity contribution in [2.24, 2.45) is 0 Å². The topological polar surface area (TPSA) is 43.6 Å². The van der Waals surface area contributed by atoms with Crippen molar-refractivity contribution in [3.05, 3.63) is 231 Å². The molecule has 286 valence electrons. The smallest absolute Gasteiger partial charge is 0.238 e. The Balaban J connectivity index is 1.06. The van der Waals surface area contributed by atoms with E-state index in [9.17, 15) is 0 Å². The van der Waals surface area contributed by atoms with Crippen molar-refractivity contribution in [2.45, 2.75) is 0 Å². The molecule has 0 saturated heterocycles. The lowest BCUT2D eigenvalue weighted by molar-refractivity contribution is 0.954. The largest absolute Gasteiger partial charge is 0.277 e. The second-order valence-corrected chi connectivity index (χ2v) is 15.3. The highest BCUT2D eigenvalue weighted by atomic mass is 15.2. The summed E-state index contributed by atoms with van der Waals surface area (Å²) >= 11 is 0. The summed E-state index contributed by atoms with van der Waals surface area (Å²) < 4.78 is 2.22. The third-order valence-electron chi connectivity index (χ3n) is 11.5. The van der Waals surface area contributed by atoms with E-state index in [1.54, 1.807) is 0 Å². The van der Waals surface area contributed by atoms with E-state index in [1.165, 1.54) is 33.4 Å². The van der Waals surface area contributed by atoms with Gasteiger partial charge in [0, 0.05) is 27.5 Å². The molecule has 9 aromatic carbocycles. The first-order chi connectivity index (χ1) is 30.2. The van der Waals surface area contributed by atoms with Crippen LogP contribution in [0.25, 0.3) is 106 Å². The highest BCUT2D eigenvalue weighted by Gasteiger charge is 2.21. The minimum absolute atomic E-state index is 0.567. The van der Waals surface area contributed by atoms with Crippen molar-refractivity contribution in [1.82, 2.24) is 19.5 Å². The van der Waals surface area contributed by atoms with Crippen LogP contribution in [-0.2, 0) is 0 Å². The molecule has 0 aliphatic carbocycles. The van der Waals surface area contributed by atoms with Gasteiger partial charge in [0.15, 0.2) is 11.6 Å². The Morgan fingerprint density at radius 3 is 1.18 bits per heavy atom. The second-order valence-electron chi connectivity index (χ2n) is 15.3. The third-order valence-corrected chi connectivity index (χ3v) is 11.5. The molecule has 0 aliphatic rings. The Labute approximate surface area is 354 Å². The molecule has 4 heteroatoms. The van der Waals surface area contributed by atoms with Crippen LogP contribution in [-0.4, -0.2) is 19.5 Å². The molecule has 2 aromatic heterocycles. The van der Waals surface area contributed by atoms with Crippen molar-refractivity contribution in [3.8, 4) is 84.4 Å². The lowest BCUT2D eigenvalue weighted by Crippen LogP contribution is -2.07. The molecule has 2 heterocycles. The monoisotopic (exact) mass is 778 g/mol. The number of aromatic nitrogens is 4. The zero-order valence-corrected chi connectivity index (χ0v) is 33.2. The number of hydrogen-bond acceptors (Lipinski definition) is 3. The molecular weight excluding hydrogens is 741 g/mol. The van der Waals surface area contributed by atoms with Crippen LogP contribution >= 0.6 is 0 Å². The Bertz CT molecular complexity index is 3250. The summed E-state index contributed by atoms with van der Waals surface area (Å²) in [7, 11) is 0. The van der Waals surface area contributed by atoms with Gasteiger partial charge in [0.2, 0.25) is 5.95 Å². The maximum absolute atomic E-state index is 5.27. The van der Waals surface area contributed by atoms with E-state index in [-0.39, 0.29) is 0 Å². The minimum Gasteiger partial charge on any atom is -0.277 e. The number of para-hydroxylation sites is 2. The van der Waals surface area contributed by atoms with Crippen molar-refractivity contribution < 1.29 is 0 Å². The van der Waals surface area contributed by atoms with Crippen LogP contribution in [0.1, 0.15) is 0 Å². The van der Waals surface area contributed by atoms with Gasteiger partial charge in [-0.05, 0) is 74.3 Å². The first-order valence-electron chi connectivity index (χ1n) is 20.6. The number of hydrogen-bond donors (Lipinski definition) is 0. The average molecular weight is 779 g/mol. The van der Waals surface area contributed by atoms with Crippen molar-refractivity contribution in [3.63, 3.8) is 0 Å². The maximum Gasteiger partial charge on any atom is 0.238 e. The fourth-order valence-electron chi connectivity index (χ4n) is 8.44. The van der Waals surface area contributed by atoms with E-state index in [2.05, 4.69) is 211 Å². The maximum atomic E-state index is 5.27. The van der Waals surface area contributed by atoms with Crippen LogP contribution in [0.4, 0.5) is 0 Å². The van der Waals surface area contributed by atoms with Crippen LogP contribution in [0, 0.1) is 0 Å². The summed E-state index contributed by atoms with van der Waals surface area (Å²) in [5.41, 5.74) is 15.5. The number of fused-ring (bicyclic) bond motifs is 3. The van der Waals surface area contributed by atoms with E-state index < -0.39 is 0 Å². The lowest BCUT2D eigenvalue weighted by Gasteiger charge is -2.14. The van der Waals surface area contributed by atoms with Crippen LogP contribution < -0.4 is 0 Å². The van der Waals surface area contributed by atoms with Gasteiger partial charge in [0.25, 0.3) is 0 Å². The first kappa shape index (κ1) is 35.9. The molecule has 4 nitrogen and oxygen atoms in total. The third kappa shape index (κ3) is 6.86. The summed E-state index contributed by atoms with van der Waals surface area (Å²) in [4.78, 5) is 15.6. The van der Waals surface area contributed by atoms with Gasteiger partial charge in [0.05, 0.1) is 11.0 Å². The predicted molar refractivity (Wildman–Crippen MR) is 252 cm³/mol. The standard InChI is InChI=1S/C57H38N4/c1-5-16-39(17-6-1)42-30-34-46(35-31-42)56-58-55(45-22-11-4-12-23-45)59-57(60-56)61-53-27-14-13-24-51(53)52-26-15-25-50(54(52)61)44-32-28-43(29-33-44)49-37-47(40-18-7-2-8-19-40)36-48(38-49)41-20-9-3-10-21-41/h1-38H. The molecule has 0 bridgehead atoms. The van der Waals surface area contributed by atoms with Gasteiger partial charge < -0.3 is 0 Å². The molecule has 11 rings (SSSR count). The summed E-state index contributed by atoms with van der Waals surface area (Å²) in [6, 6.07) is 81.3. The Hall–Kier alpha value is -8.21. The van der Waals surface area contributed by atoms with E-state index in [0.717, 1.165) is 55.2 Å². The molecule has 0 N–H and O–H groups in total. The van der Waals surface area contributed by atoms with Gasteiger partial charge in [-0.2, -0.15) is 9.97 Å². The van der Waals surface area contributed by atoms with Gasteiger partial charge in [0.1, 0.15) is 0 Å². The predicted octanol–water partition coefficient (Wildman–Crippen LogP) is 14.6. The van der Waals surface area contributed by atoms with E-state index >= 15 is 0 Å². The normalized spacial score (nSPS) is 11.3.